The number of nitrogens with zero attached hydrogens (tertiary/aromatic N) is 1. The number of ether oxygens (including phenoxy) is 2. The first-order valence-electron chi connectivity index (χ1n) is 12.6. The Morgan fingerprint density at radius 1 is 0.900 bits per heavy atom. The van der Waals surface area contributed by atoms with Gasteiger partial charge in [-0.1, -0.05) is 116 Å². The highest BCUT2D eigenvalue weighted by Crippen LogP contribution is 2.59. The third-order valence-corrected chi connectivity index (χ3v) is 8.63. The molecule has 2 aliphatic rings. The molecule has 2 heterocycles. The van der Waals surface area contributed by atoms with Crippen molar-refractivity contribution in [2.75, 3.05) is 7.11 Å². The number of hydrogen-bond donors (Lipinski definition) is 0. The summed E-state index contributed by atoms with van der Waals surface area (Å²) < 4.78 is 13.1. The van der Waals surface area contributed by atoms with Crippen molar-refractivity contribution in [2.24, 2.45) is 5.16 Å². The third-order valence-electron chi connectivity index (χ3n) is 7.61. The van der Waals surface area contributed by atoms with E-state index in [0.29, 0.717) is 28.2 Å². The van der Waals surface area contributed by atoms with Crippen molar-refractivity contribution in [3.8, 4) is 5.75 Å². The van der Waals surface area contributed by atoms with E-state index in [1.54, 1.807) is 6.07 Å². The van der Waals surface area contributed by atoms with Gasteiger partial charge in [0.25, 0.3) is 0 Å². The summed E-state index contributed by atoms with van der Waals surface area (Å²) in [5, 5.41) is 4.44. The maximum Gasteiger partial charge on any atom is 0.354 e. The van der Waals surface area contributed by atoms with Crippen LogP contribution in [0.15, 0.2) is 117 Å². The standard InChI is InChI=1S/C32H23Br2NO5/c1-38-29(36)31(19-26(35-40-31)20-12-14-23(33)15-13-20)28(21-8-4-2-5-9-21)32(22-10-6-3-7-11-22)25-17-16-24(34)18-27(25)39-30(32)37/h2-18,28H,19H2,1H3/t28-,31-,32+/m1/s1. The Bertz CT molecular complexity index is 1620. The minimum atomic E-state index is -1.69. The molecular formula is C32H23Br2NO5. The van der Waals surface area contributed by atoms with E-state index in [2.05, 4.69) is 37.0 Å². The van der Waals surface area contributed by atoms with E-state index in [9.17, 15) is 9.59 Å². The number of carbonyl (C=O) groups excluding carboxylic acids is 2. The van der Waals surface area contributed by atoms with Crippen LogP contribution >= 0.6 is 31.9 Å². The molecule has 0 saturated heterocycles. The number of rotatable bonds is 6. The van der Waals surface area contributed by atoms with Gasteiger partial charge in [0.2, 0.25) is 5.60 Å². The number of oxime groups is 1. The number of carbonyl (C=O) groups is 2. The summed E-state index contributed by atoms with van der Waals surface area (Å²) in [5.74, 6) is -1.64. The van der Waals surface area contributed by atoms with Crippen LogP contribution in [0.2, 0.25) is 0 Å². The maximum atomic E-state index is 14.4. The molecule has 0 spiro atoms. The quantitative estimate of drug-likeness (QED) is 0.166. The molecule has 0 aliphatic carbocycles. The van der Waals surface area contributed by atoms with E-state index >= 15 is 0 Å². The van der Waals surface area contributed by atoms with Crippen LogP contribution in [0.25, 0.3) is 0 Å². The van der Waals surface area contributed by atoms with Crippen molar-refractivity contribution in [1.82, 2.24) is 0 Å². The lowest BCUT2D eigenvalue weighted by atomic mass is 9.57. The van der Waals surface area contributed by atoms with Gasteiger partial charge in [0.05, 0.1) is 18.7 Å². The zero-order chi connectivity index (χ0) is 27.9. The first-order chi connectivity index (χ1) is 19.4. The summed E-state index contributed by atoms with van der Waals surface area (Å²) >= 11 is 6.97. The largest absolute Gasteiger partial charge is 0.466 e. The monoisotopic (exact) mass is 659 g/mol. The van der Waals surface area contributed by atoms with Crippen molar-refractivity contribution in [3.63, 3.8) is 0 Å². The topological polar surface area (TPSA) is 74.2 Å². The van der Waals surface area contributed by atoms with E-state index in [-0.39, 0.29) is 6.42 Å². The molecule has 4 aromatic carbocycles. The zero-order valence-corrected chi connectivity index (χ0v) is 24.5. The van der Waals surface area contributed by atoms with Crippen LogP contribution in [0.3, 0.4) is 0 Å². The Labute approximate surface area is 248 Å². The number of halogens is 2. The Morgan fingerprint density at radius 3 is 2.23 bits per heavy atom. The molecule has 0 saturated carbocycles. The van der Waals surface area contributed by atoms with Crippen LogP contribution in [0.1, 0.15) is 34.6 Å². The Hall–Kier alpha value is -3.75. The lowest BCUT2D eigenvalue weighted by Gasteiger charge is -2.43. The molecule has 40 heavy (non-hydrogen) atoms. The van der Waals surface area contributed by atoms with E-state index < -0.39 is 28.9 Å². The molecule has 2 aliphatic heterocycles. The maximum absolute atomic E-state index is 14.4. The van der Waals surface area contributed by atoms with Gasteiger partial charge in [-0.05, 0) is 41.0 Å². The summed E-state index contributed by atoms with van der Waals surface area (Å²) in [7, 11) is 1.32. The van der Waals surface area contributed by atoms with Crippen LogP contribution in [0.5, 0.6) is 5.75 Å². The number of hydrogen-bond acceptors (Lipinski definition) is 6. The fourth-order valence-electron chi connectivity index (χ4n) is 5.93. The predicted molar refractivity (Wildman–Crippen MR) is 157 cm³/mol. The summed E-state index contributed by atoms with van der Waals surface area (Å²) in [5.41, 5.74) is 0.220. The van der Waals surface area contributed by atoms with Crippen molar-refractivity contribution in [2.45, 2.75) is 23.4 Å². The number of esters is 2. The van der Waals surface area contributed by atoms with Crippen molar-refractivity contribution in [3.05, 3.63) is 134 Å². The fourth-order valence-corrected chi connectivity index (χ4v) is 6.53. The van der Waals surface area contributed by atoms with E-state index in [1.807, 2.05) is 97.1 Å². The molecule has 4 aromatic rings. The second-order valence-electron chi connectivity index (χ2n) is 9.74. The van der Waals surface area contributed by atoms with Gasteiger partial charge in [0.15, 0.2) is 0 Å². The first-order valence-corrected chi connectivity index (χ1v) is 14.2. The van der Waals surface area contributed by atoms with Crippen LogP contribution in [-0.2, 0) is 24.6 Å². The molecular weight excluding hydrogens is 638 g/mol. The molecule has 200 valence electrons. The molecule has 0 amide bonds. The van der Waals surface area contributed by atoms with E-state index in [1.165, 1.54) is 7.11 Å². The molecule has 3 atom stereocenters. The summed E-state index contributed by atoms with van der Waals surface area (Å²) in [6.07, 6.45) is 0.0780. The van der Waals surface area contributed by atoms with Gasteiger partial charge in [-0.25, -0.2) is 4.79 Å². The van der Waals surface area contributed by atoms with Gasteiger partial charge >= 0.3 is 11.9 Å². The zero-order valence-electron chi connectivity index (χ0n) is 21.3. The van der Waals surface area contributed by atoms with Crippen LogP contribution in [-0.4, -0.2) is 30.4 Å². The Kier molecular flexibility index (Phi) is 6.84. The van der Waals surface area contributed by atoms with Gasteiger partial charge in [-0.3, -0.25) is 4.79 Å². The van der Waals surface area contributed by atoms with Crippen LogP contribution < -0.4 is 4.74 Å². The number of methoxy groups -OCH3 is 1. The van der Waals surface area contributed by atoms with Crippen LogP contribution in [0, 0.1) is 0 Å². The lowest BCUT2D eigenvalue weighted by Crippen LogP contribution is -2.56. The number of benzene rings is 4. The minimum Gasteiger partial charge on any atom is -0.466 e. The lowest BCUT2D eigenvalue weighted by molar-refractivity contribution is -0.173. The molecule has 0 radical (unpaired) electrons. The van der Waals surface area contributed by atoms with Crippen molar-refractivity contribution < 1.29 is 23.9 Å². The second-order valence-corrected chi connectivity index (χ2v) is 11.6. The van der Waals surface area contributed by atoms with Gasteiger partial charge in [-0.15, -0.1) is 0 Å². The predicted octanol–water partition coefficient (Wildman–Crippen LogP) is 6.94. The third kappa shape index (κ3) is 4.09. The van der Waals surface area contributed by atoms with Gasteiger partial charge in [-0.2, -0.15) is 0 Å². The first kappa shape index (κ1) is 26.5. The highest BCUT2D eigenvalue weighted by Gasteiger charge is 2.68. The van der Waals surface area contributed by atoms with Crippen molar-refractivity contribution in [1.29, 1.82) is 0 Å². The molecule has 0 bridgehead atoms. The van der Waals surface area contributed by atoms with Crippen LogP contribution in [0.4, 0.5) is 0 Å². The minimum absolute atomic E-state index is 0.0780. The summed E-state index contributed by atoms with van der Waals surface area (Å²) in [4.78, 5) is 34.6. The molecule has 0 N–H and O–H groups in total. The smallest absolute Gasteiger partial charge is 0.354 e. The summed E-state index contributed by atoms with van der Waals surface area (Å²) in [6, 6.07) is 31.9. The highest BCUT2D eigenvalue weighted by molar-refractivity contribution is 9.10. The second kappa shape index (κ2) is 10.3. The number of fused-ring (bicyclic) bond motifs is 1. The van der Waals surface area contributed by atoms with Crippen molar-refractivity contribution >= 4 is 49.5 Å². The molecule has 8 heteroatoms. The Morgan fingerprint density at radius 2 is 1.55 bits per heavy atom. The van der Waals surface area contributed by atoms with Gasteiger partial charge < -0.3 is 14.3 Å². The average molecular weight is 661 g/mol. The summed E-state index contributed by atoms with van der Waals surface area (Å²) in [6.45, 7) is 0. The molecule has 6 nitrogen and oxygen atoms in total. The SMILES string of the molecule is COC(=O)[C@]1([C@@H](c2ccccc2)[C@@]2(c3ccccc3)C(=O)Oc3cc(Br)ccc32)CC(c2ccc(Br)cc2)=NO1. The molecule has 0 aromatic heterocycles. The average Bonchev–Trinajstić information content (AvgIpc) is 3.54. The normalized spacial score (nSPS) is 22.1. The highest BCUT2D eigenvalue weighted by atomic mass is 79.9. The molecule has 0 fully saturated rings. The van der Waals surface area contributed by atoms with E-state index in [4.69, 9.17) is 14.3 Å². The molecule has 0 unspecified atom stereocenters. The Balaban J connectivity index is 1.65. The fraction of sp³-hybridized carbons (Fsp3) is 0.156. The van der Waals surface area contributed by atoms with Gasteiger partial charge in [0.1, 0.15) is 11.2 Å². The van der Waals surface area contributed by atoms with E-state index in [0.717, 1.165) is 14.5 Å². The van der Waals surface area contributed by atoms with Gasteiger partial charge in [0, 0.05) is 20.9 Å². The molecule has 6 rings (SSSR count).